The zero-order chi connectivity index (χ0) is 16.8. The van der Waals surface area contributed by atoms with Gasteiger partial charge in [0.05, 0.1) is 0 Å². The number of amides is 1. The van der Waals surface area contributed by atoms with E-state index in [1.807, 2.05) is 32.0 Å². The maximum absolute atomic E-state index is 12.0. The second-order valence-corrected chi connectivity index (χ2v) is 5.35. The molecule has 0 saturated heterocycles. The molecule has 0 aromatic heterocycles. The molecule has 120 valence electrons. The standard InChI is InChI=1S/C19H21NO3/c1-13-9-10-14(2)17(11-13)23-12-15-7-5-6-8-16(15)18(22-4)19(21)20-3/h7-11,18H,12H2,1-4H3,(H,20,21). The Morgan fingerprint density at radius 3 is 2.70 bits per heavy atom. The van der Waals surface area contributed by atoms with Crippen molar-refractivity contribution in [1.29, 1.82) is 0 Å². The average molecular weight is 311 g/mol. The highest BCUT2D eigenvalue weighted by molar-refractivity contribution is 5.82. The number of aryl methyl sites for hydroxylation is 2. The molecule has 0 aliphatic rings. The second kappa shape index (κ2) is 7.66. The minimum Gasteiger partial charge on any atom is -0.489 e. The molecule has 1 amide bonds. The van der Waals surface area contributed by atoms with Crippen molar-refractivity contribution in [2.45, 2.75) is 26.6 Å². The Kier molecular flexibility index (Phi) is 5.61. The summed E-state index contributed by atoms with van der Waals surface area (Å²) >= 11 is 0. The molecule has 0 aliphatic carbocycles. The minimum absolute atomic E-state index is 0.208. The van der Waals surface area contributed by atoms with E-state index in [1.165, 1.54) is 7.11 Å². The van der Waals surface area contributed by atoms with Gasteiger partial charge in [0.15, 0.2) is 6.10 Å². The van der Waals surface area contributed by atoms with Gasteiger partial charge in [-0.2, -0.15) is 0 Å². The van der Waals surface area contributed by atoms with E-state index in [0.717, 1.165) is 28.0 Å². The lowest BCUT2D eigenvalue weighted by Gasteiger charge is -2.17. The lowest BCUT2D eigenvalue weighted by molar-refractivity contribution is -0.130. The predicted octanol–water partition coefficient (Wildman–Crippen LogP) is 2.92. The Hall–Kier alpha value is -2.51. The fourth-order valence-electron chi connectivity index (χ4n) is 2.32. The SMILES string of the molecule is CNC(=O)C(OC)c1cc#ccc1COc1cc(C)ccc1C. The number of methoxy groups -OCH3 is 1. The molecular weight excluding hydrogens is 290 g/mol. The molecule has 2 aromatic carbocycles. The van der Waals surface area contributed by atoms with Crippen LogP contribution >= 0.6 is 0 Å². The largest absolute Gasteiger partial charge is 0.489 e. The monoisotopic (exact) mass is 311 g/mol. The number of hydrogen-bond acceptors (Lipinski definition) is 3. The van der Waals surface area contributed by atoms with E-state index in [2.05, 4.69) is 17.4 Å². The first-order chi connectivity index (χ1) is 11.1. The lowest BCUT2D eigenvalue weighted by atomic mass is 10.0. The van der Waals surface area contributed by atoms with Gasteiger partial charge in [0.1, 0.15) is 12.4 Å². The van der Waals surface area contributed by atoms with Gasteiger partial charge in [-0.15, -0.1) is 0 Å². The molecule has 1 unspecified atom stereocenters. The van der Waals surface area contributed by atoms with Crippen molar-refractivity contribution in [3.63, 3.8) is 0 Å². The van der Waals surface area contributed by atoms with Gasteiger partial charge in [-0.1, -0.05) is 24.3 Å². The molecule has 2 aromatic rings. The van der Waals surface area contributed by atoms with Crippen molar-refractivity contribution in [2.75, 3.05) is 14.2 Å². The van der Waals surface area contributed by atoms with Gasteiger partial charge < -0.3 is 14.8 Å². The number of benzene rings is 1. The van der Waals surface area contributed by atoms with Crippen LogP contribution in [0.3, 0.4) is 0 Å². The van der Waals surface area contributed by atoms with Crippen LogP contribution in [0.25, 0.3) is 0 Å². The molecule has 23 heavy (non-hydrogen) atoms. The summed E-state index contributed by atoms with van der Waals surface area (Å²) in [6, 6.07) is 15.3. The highest BCUT2D eigenvalue weighted by Gasteiger charge is 2.21. The molecule has 0 fully saturated rings. The van der Waals surface area contributed by atoms with Crippen LogP contribution in [-0.2, 0) is 16.1 Å². The van der Waals surface area contributed by atoms with E-state index < -0.39 is 6.10 Å². The van der Waals surface area contributed by atoms with E-state index in [4.69, 9.17) is 9.47 Å². The fraction of sp³-hybridized carbons (Fsp3) is 0.316. The summed E-state index contributed by atoms with van der Waals surface area (Å²) in [6.07, 6.45) is -0.692. The van der Waals surface area contributed by atoms with Gasteiger partial charge in [0.25, 0.3) is 5.91 Å². The van der Waals surface area contributed by atoms with Gasteiger partial charge in [-0.3, -0.25) is 4.79 Å². The molecule has 0 spiro atoms. The van der Waals surface area contributed by atoms with E-state index >= 15 is 0 Å². The van der Waals surface area contributed by atoms with Gasteiger partial charge in [0.2, 0.25) is 0 Å². The molecule has 0 radical (unpaired) electrons. The van der Waals surface area contributed by atoms with Gasteiger partial charge in [0, 0.05) is 25.3 Å². The van der Waals surface area contributed by atoms with E-state index in [0.29, 0.717) is 6.61 Å². The summed E-state index contributed by atoms with van der Waals surface area (Å²) in [5.41, 5.74) is 3.79. The molecule has 2 rings (SSSR count). The molecule has 4 nitrogen and oxygen atoms in total. The first-order valence-electron chi connectivity index (χ1n) is 7.41. The van der Waals surface area contributed by atoms with E-state index in [9.17, 15) is 4.79 Å². The summed E-state index contributed by atoms with van der Waals surface area (Å²) in [7, 11) is 3.09. The van der Waals surface area contributed by atoms with Crippen molar-refractivity contribution in [3.05, 3.63) is 64.7 Å². The maximum atomic E-state index is 12.0. The van der Waals surface area contributed by atoms with Crippen LogP contribution in [0.5, 0.6) is 5.75 Å². The van der Waals surface area contributed by atoms with Gasteiger partial charge in [-0.25, -0.2) is 0 Å². The number of ether oxygens (including phenoxy) is 2. The summed E-state index contributed by atoms with van der Waals surface area (Å²) in [5, 5.41) is 2.60. The van der Waals surface area contributed by atoms with Crippen LogP contribution in [0.4, 0.5) is 0 Å². The average Bonchev–Trinajstić information content (AvgIpc) is 2.57. The van der Waals surface area contributed by atoms with Gasteiger partial charge >= 0.3 is 0 Å². The fourth-order valence-corrected chi connectivity index (χ4v) is 2.32. The molecule has 0 heterocycles. The molecule has 0 aliphatic heterocycles. The van der Waals surface area contributed by atoms with E-state index in [1.54, 1.807) is 19.2 Å². The third-order valence-electron chi connectivity index (χ3n) is 3.66. The normalized spacial score (nSPS) is 11.5. The molecule has 4 heteroatoms. The number of carbonyl (C=O) groups excluding carboxylic acids is 1. The Morgan fingerprint density at radius 1 is 1.26 bits per heavy atom. The van der Waals surface area contributed by atoms with Crippen LogP contribution in [0.15, 0.2) is 30.3 Å². The van der Waals surface area contributed by atoms with Crippen molar-refractivity contribution < 1.29 is 14.3 Å². The Labute approximate surface area is 137 Å². The third kappa shape index (κ3) is 4.02. The summed E-state index contributed by atoms with van der Waals surface area (Å²) in [4.78, 5) is 12.0. The Morgan fingerprint density at radius 2 is 2.00 bits per heavy atom. The van der Waals surface area contributed by atoms with Crippen LogP contribution in [0.1, 0.15) is 28.4 Å². The highest BCUT2D eigenvalue weighted by Crippen LogP contribution is 2.24. The van der Waals surface area contributed by atoms with Crippen LogP contribution in [0.2, 0.25) is 0 Å². The Balaban J connectivity index is 2.23. The molecule has 0 bridgehead atoms. The number of rotatable bonds is 6. The second-order valence-electron chi connectivity index (χ2n) is 5.35. The van der Waals surface area contributed by atoms with Crippen LogP contribution < -0.4 is 10.1 Å². The number of likely N-dealkylation sites (N-methyl/N-ethyl adjacent to an activating group) is 1. The third-order valence-corrected chi connectivity index (χ3v) is 3.66. The van der Waals surface area contributed by atoms with Gasteiger partial charge in [-0.05, 0) is 43.2 Å². The molecular formula is C19H21NO3. The number of hydrogen-bond donors (Lipinski definition) is 1. The topological polar surface area (TPSA) is 47.6 Å². The lowest BCUT2D eigenvalue weighted by Crippen LogP contribution is -2.27. The summed E-state index contributed by atoms with van der Waals surface area (Å²) in [6.45, 7) is 4.36. The molecule has 0 saturated carbocycles. The Bertz CT molecular complexity index is 682. The van der Waals surface area contributed by atoms with E-state index in [-0.39, 0.29) is 5.91 Å². The number of nitrogens with one attached hydrogen (secondary N) is 1. The molecule has 1 N–H and O–H groups in total. The van der Waals surface area contributed by atoms with Crippen LogP contribution in [-0.4, -0.2) is 20.1 Å². The summed E-state index contributed by atoms with van der Waals surface area (Å²) < 4.78 is 11.3. The van der Waals surface area contributed by atoms with Crippen molar-refractivity contribution in [1.82, 2.24) is 5.32 Å². The maximum Gasteiger partial charge on any atom is 0.253 e. The smallest absolute Gasteiger partial charge is 0.253 e. The predicted molar refractivity (Wildman–Crippen MR) is 88.2 cm³/mol. The zero-order valence-corrected chi connectivity index (χ0v) is 13.9. The first-order valence-corrected chi connectivity index (χ1v) is 7.41. The summed E-state index contributed by atoms with van der Waals surface area (Å²) in [5.74, 6) is 0.623. The molecule has 1 atom stereocenters. The quantitative estimate of drug-likeness (QED) is 0.892. The van der Waals surface area contributed by atoms with Crippen molar-refractivity contribution in [3.8, 4) is 5.75 Å². The first kappa shape index (κ1) is 16.9. The van der Waals surface area contributed by atoms with Crippen molar-refractivity contribution >= 4 is 5.91 Å². The van der Waals surface area contributed by atoms with Crippen LogP contribution in [0, 0.1) is 26.0 Å². The highest BCUT2D eigenvalue weighted by atomic mass is 16.5. The van der Waals surface area contributed by atoms with Crippen molar-refractivity contribution in [2.24, 2.45) is 0 Å². The zero-order valence-electron chi connectivity index (χ0n) is 13.9. The minimum atomic E-state index is -0.692. The number of carbonyl (C=O) groups is 1.